The number of fused-ring (bicyclic) bond motifs is 2. The molecule has 3 aromatic carbocycles. The SMILES string of the molecule is CC(C)(C)c1ccc(N2[C@@H](c3ccc4nc([C@@H]5CCCN5)[nH]c4c3Cl)CC[C@@H]2c2ccc3nc([C@@H]4CCCN4)[nH]c3c2Cl)cc1. The molecule has 0 bridgehead atoms. The van der Waals surface area contributed by atoms with Crippen LogP contribution in [0.3, 0.4) is 0 Å². The Morgan fingerprint density at radius 2 is 1.16 bits per heavy atom. The Bertz CT molecular complexity index is 1750. The van der Waals surface area contributed by atoms with Crippen molar-refractivity contribution in [2.24, 2.45) is 0 Å². The van der Waals surface area contributed by atoms with E-state index in [0.717, 1.165) is 93.7 Å². The normalized spacial score (nSPS) is 24.1. The number of imidazole rings is 2. The predicted molar refractivity (Wildman–Crippen MR) is 184 cm³/mol. The minimum Gasteiger partial charge on any atom is -0.357 e. The lowest BCUT2D eigenvalue weighted by atomic mass is 9.87. The molecule has 45 heavy (non-hydrogen) atoms. The average Bonchev–Trinajstić information content (AvgIpc) is 3.86. The summed E-state index contributed by atoms with van der Waals surface area (Å²) in [6.45, 7) is 8.82. The van der Waals surface area contributed by atoms with Crippen molar-refractivity contribution >= 4 is 51.0 Å². The van der Waals surface area contributed by atoms with Crippen molar-refractivity contribution in [3.05, 3.63) is 86.9 Å². The Morgan fingerprint density at radius 1 is 0.667 bits per heavy atom. The van der Waals surface area contributed by atoms with Gasteiger partial charge in [0.25, 0.3) is 0 Å². The van der Waals surface area contributed by atoms with Crippen LogP contribution in [0.2, 0.25) is 10.0 Å². The number of benzene rings is 3. The van der Waals surface area contributed by atoms with Gasteiger partial charge in [0.2, 0.25) is 0 Å². The van der Waals surface area contributed by atoms with E-state index in [1.807, 2.05) is 0 Å². The number of nitrogens with one attached hydrogen (secondary N) is 4. The first-order valence-electron chi connectivity index (χ1n) is 16.5. The van der Waals surface area contributed by atoms with Gasteiger partial charge in [0.1, 0.15) is 11.6 Å². The van der Waals surface area contributed by atoms with Gasteiger partial charge < -0.3 is 25.5 Å². The van der Waals surface area contributed by atoms with Gasteiger partial charge in [-0.05, 0) is 98.0 Å². The number of H-pyrrole nitrogens is 2. The Kier molecular flexibility index (Phi) is 7.36. The summed E-state index contributed by atoms with van der Waals surface area (Å²) >= 11 is 14.6. The number of anilines is 1. The van der Waals surface area contributed by atoms with Crippen LogP contribution < -0.4 is 15.5 Å². The molecule has 5 heterocycles. The third-order valence-electron chi connectivity index (χ3n) is 10.2. The smallest absolute Gasteiger partial charge is 0.124 e. The molecule has 4 N–H and O–H groups in total. The van der Waals surface area contributed by atoms with Gasteiger partial charge in [-0.2, -0.15) is 0 Å². The Morgan fingerprint density at radius 3 is 1.58 bits per heavy atom. The van der Waals surface area contributed by atoms with Gasteiger partial charge in [0.05, 0.1) is 56.3 Å². The summed E-state index contributed by atoms with van der Waals surface area (Å²) in [6, 6.07) is 18.4. The van der Waals surface area contributed by atoms with E-state index in [4.69, 9.17) is 33.2 Å². The molecule has 0 radical (unpaired) electrons. The van der Waals surface area contributed by atoms with Gasteiger partial charge in [0, 0.05) is 5.69 Å². The lowest BCUT2D eigenvalue weighted by Gasteiger charge is -2.34. The molecule has 2 aromatic heterocycles. The van der Waals surface area contributed by atoms with Crippen LogP contribution in [-0.4, -0.2) is 33.0 Å². The van der Waals surface area contributed by atoms with Crippen LogP contribution in [0.4, 0.5) is 5.69 Å². The lowest BCUT2D eigenvalue weighted by Crippen LogP contribution is -2.26. The molecule has 0 aliphatic carbocycles. The van der Waals surface area contributed by atoms with Gasteiger partial charge in [0.15, 0.2) is 0 Å². The third kappa shape index (κ3) is 5.12. The van der Waals surface area contributed by atoms with E-state index in [1.54, 1.807) is 0 Å². The largest absolute Gasteiger partial charge is 0.357 e. The number of nitrogens with zero attached hydrogens (tertiary/aromatic N) is 3. The molecule has 4 atom stereocenters. The van der Waals surface area contributed by atoms with Gasteiger partial charge in [-0.25, -0.2) is 9.97 Å². The highest BCUT2D eigenvalue weighted by molar-refractivity contribution is 6.36. The van der Waals surface area contributed by atoms with Crippen molar-refractivity contribution in [3.8, 4) is 0 Å². The maximum Gasteiger partial charge on any atom is 0.124 e. The van der Waals surface area contributed by atoms with Crippen LogP contribution in [0, 0.1) is 0 Å². The van der Waals surface area contributed by atoms with E-state index < -0.39 is 0 Å². The van der Waals surface area contributed by atoms with Gasteiger partial charge >= 0.3 is 0 Å². The summed E-state index contributed by atoms with van der Waals surface area (Å²) in [7, 11) is 0. The van der Waals surface area contributed by atoms with Gasteiger partial charge in [-0.3, -0.25) is 0 Å². The zero-order valence-corrected chi connectivity index (χ0v) is 27.7. The second kappa shape index (κ2) is 11.3. The molecule has 0 unspecified atom stereocenters. The fourth-order valence-electron chi connectivity index (χ4n) is 7.76. The quantitative estimate of drug-likeness (QED) is 0.154. The van der Waals surface area contributed by atoms with Crippen molar-refractivity contribution in [1.82, 2.24) is 30.6 Å². The Hall–Kier alpha value is -3.10. The molecule has 0 amide bonds. The number of hydrogen-bond donors (Lipinski definition) is 4. The summed E-state index contributed by atoms with van der Waals surface area (Å²) in [5, 5.41) is 8.63. The number of aromatic amines is 2. The first kappa shape index (κ1) is 29.3. The van der Waals surface area contributed by atoms with E-state index >= 15 is 0 Å². The fraction of sp³-hybridized carbons (Fsp3) is 0.444. The topological polar surface area (TPSA) is 84.7 Å². The van der Waals surface area contributed by atoms with Crippen molar-refractivity contribution < 1.29 is 0 Å². The highest BCUT2D eigenvalue weighted by atomic mass is 35.5. The van der Waals surface area contributed by atoms with Gasteiger partial charge in [-0.15, -0.1) is 0 Å². The first-order chi connectivity index (χ1) is 21.8. The highest BCUT2D eigenvalue weighted by Gasteiger charge is 2.38. The molecule has 7 nitrogen and oxygen atoms in total. The second-order valence-corrected chi connectivity index (χ2v) is 14.8. The summed E-state index contributed by atoms with van der Waals surface area (Å²) in [5.41, 5.74) is 8.49. The molecule has 3 fully saturated rings. The molecule has 3 saturated heterocycles. The first-order valence-corrected chi connectivity index (χ1v) is 17.2. The molecule has 3 aliphatic heterocycles. The van der Waals surface area contributed by atoms with E-state index in [2.05, 4.69) is 94.8 Å². The van der Waals surface area contributed by atoms with Crippen LogP contribution in [0.15, 0.2) is 48.5 Å². The second-order valence-electron chi connectivity index (χ2n) is 14.1. The minimum atomic E-state index is 0.0734. The summed E-state index contributed by atoms with van der Waals surface area (Å²) in [4.78, 5) is 19.5. The van der Waals surface area contributed by atoms with Crippen molar-refractivity contribution in [2.45, 2.75) is 88.9 Å². The molecular formula is C36H41Cl2N7. The van der Waals surface area contributed by atoms with Crippen LogP contribution in [0.5, 0.6) is 0 Å². The number of hydrogen-bond acceptors (Lipinski definition) is 5. The number of halogens is 2. The standard InChI is InChI=1S/C36H41Cl2N7/c1-36(2,3)20-8-10-21(11-9-20)45-28(22-12-14-24-32(30(22)37)43-34(41-24)26-6-4-18-39-26)16-17-29(45)23-13-15-25-33(31(23)38)44-35(42-25)27-7-5-19-40-27/h8-15,26-29,39-40H,4-7,16-19H2,1-3H3,(H,41,43)(H,42,44)/t26-,27-,28+,29+/m0/s1. The van der Waals surface area contributed by atoms with Crippen LogP contribution in [-0.2, 0) is 5.41 Å². The Labute approximate surface area is 274 Å². The molecule has 3 aliphatic rings. The third-order valence-corrected chi connectivity index (χ3v) is 11.0. The molecule has 8 rings (SSSR count). The molecular weight excluding hydrogens is 601 g/mol. The maximum absolute atomic E-state index is 7.28. The van der Waals surface area contributed by atoms with Crippen molar-refractivity contribution in [3.63, 3.8) is 0 Å². The number of rotatable bonds is 5. The van der Waals surface area contributed by atoms with Crippen LogP contribution in [0.1, 0.15) is 112 Å². The monoisotopic (exact) mass is 641 g/mol. The zero-order valence-electron chi connectivity index (χ0n) is 26.2. The minimum absolute atomic E-state index is 0.0734. The predicted octanol–water partition coefficient (Wildman–Crippen LogP) is 8.98. The molecule has 5 aromatic rings. The average molecular weight is 643 g/mol. The fourth-order valence-corrected chi connectivity index (χ4v) is 8.42. The van der Waals surface area contributed by atoms with Crippen LogP contribution in [0.25, 0.3) is 22.1 Å². The van der Waals surface area contributed by atoms with E-state index in [9.17, 15) is 0 Å². The van der Waals surface area contributed by atoms with E-state index in [0.29, 0.717) is 0 Å². The number of aromatic nitrogens is 4. The summed E-state index contributed by atoms with van der Waals surface area (Å²) in [5.74, 6) is 1.96. The molecule has 0 saturated carbocycles. The summed E-state index contributed by atoms with van der Waals surface area (Å²) in [6.07, 6.45) is 6.42. The van der Waals surface area contributed by atoms with Gasteiger partial charge in [-0.1, -0.05) is 68.2 Å². The van der Waals surface area contributed by atoms with Crippen molar-refractivity contribution in [1.29, 1.82) is 0 Å². The summed E-state index contributed by atoms with van der Waals surface area (Å²) < 4.78 is 0. The maximum atomic E-state index is 7.28. The molecule has 0 spiro atoms. The highest BCUT2D eigenvalue weighted by Crippen LogP contribution is 2.51. The Balaban J connectivity index is 1.21. The molecule has 9 heteroatoms. The van der Waals surface area contributed by atoms with E-state index in [1.165, 1.54) is 24.1 Å². The zero-order chi connectivity index (χ0) is 30.9. The van der Waals surface area contributed by atoms with Crippen molar-refractivity contribution in [2.75, 3.05) is 18.0 Å². The van der Waals surface area contributed by atoms with E-state index in [-0.39, 0.29) is 29.6 Å². The lowest BCUT2D eigenvalue weighted by molar-refractivity contribution is 0.589. The molecule has 234 valence electrons. The van der Waals surface area contributed by atoms with Crippen LogP contribution >= 0.6 is 23.2 Å².